The van der Waals surface area contributed by atoms with Crippen LogP contribution in [0, 0.1) is 5.92 Å². The van der Waals surface area contributed by atoms with Gasteiger partial charge in [0.1, 0.15) is 0 Å². The Balaban J connectivity index is 2.50. The molecule has 0 fully saturated rings. The summed E-state index contributed by atoms with van der Waals surface area (Å²) in [6, 6.07) is 8.81. The minimum Gasteiger partial charge on any atom is -0.304 e. The van der Waals surface area contributed by atoms with E-state index < -0.39 is 0 Å². The second-order valence-electron chi connectivity index (χ2n) is 4.00. The van der Waals surface area contributed by atoms with Gasteiger partial charge in [-0.25, -0.2) is 0 Å². The van der Waals surface area contributed by atoms with E-state index in [-0.39, 0.29) is 0 Å². The molecule has 0 aliphatic heterocycles. The lowest BCUT2D eigenvalue weighted by Gasteiger charge is -2.06. The molecule has 78 valence electrons. The van der Waals surface area contributed by atoms with Gasteiger partial charge < -0.3 is 5.32 Å². The van der Waals surface area contributed by atoms with Gasteiger partial charge in [0.15, 0.2) is 0 Å². The van der Waals surface area contributed by atoms with E-state index in [2.05, 4.69) is 56.1 Å². The fraction of sp³-hybridized carbons (Fsp3) is 0.500. The van der Waals surface area contributed by atoms with E-state index in [4.69, 9.17) is 0 Å². The lowest BCUT2D eigenvalue weighted by molar-refractivity contribution is 0.647. The van der Waals surface area contributed by atoms with Crippen molar-refractivity contribution < 1.29 is 0 Å². The Hall–Kier alpha value is -0.470. The molecule has 0 saturated heterocycles. The number of rotatable bonds is 5. The van der Waals surface area contributed by atoms with Crippen LogP contribution in [0.2, 0.25) is 0 Å². The van der Waals surface area contributed by atoms with Crippen molar-refractivity contribution >= 4 is 12.6 Å². The Bertz CT molecular complexity index is 254. The maximum absolute atomic E-state index is 4.11. The second kappa shape index (κ2) is 6.10. The molecule has 0 atom stereocenters. The quantitative estimate of drug-likeness (QED) is 0.561. The van der Waals surface area contributed by atoms with Crippen molar-refractivity contribution in [1.82, 2.24) is 5.32 Å². The summed E-state index contributed by atoms with van der Waals surface area (Å²) < 4.78 is 0. The first kappa shape index (κ1) is 11.6. The third-order valence-corrected chi connectivity index (χ3v) is 2.33. The Morgan fingerprint density at radius 3 is 2.21 bits per heavy atom. The van der Waals surface area contributed by atoms with Gasteiger partial charge >= 0.3 is 0 Å². The van der Waals surface area contributed by atoms with Crippen molar-refractivity contribution in [1.29, 1.82) is 0 Å². The van der Waals surface area contributed by atoms with Gasteiger partial charge in [-0.15, -0.1) is 0 Å². The highest BCUT2D eigenvalue weighted by Crippen LogP contribution is 2.09. The van der Waals surface area contributed by atoms with Crippen molar-refractivity contribution in [2.24, 2.45) is 5.92 Å². The predicted octanol–water partition coefficient (Wildman–Crippen LogP) is 2.86. The highest BCUT2D eigenvalue weighted by molar-refractivity contribution is 7.80. The Kier molecular flexibility index (Phi) is 5.05. The molecular formula is C12H19NS. The number of nitrogens with one attached hydrogen (secondary N) is 1. The topological polar surface area (TPSA) is 12.0 Å². The van der Waals surface area contributed by atoms with Gasteiger partial charge in [0.2, 0.25) is 0 Å². The molecule has 0 aliphatic rings. The summed E-state index contributed by atoms with van der Waals surface area (Å²) in [5, 5.41) is 3.19. The van der Waals surface area contributed by atoms with Gasteiger partial charge in [0.05, 0.1) is 0 Å². The van der Waals surface area contributed by atoms with Gasteiger partial charge in [-0.05, 0) is 23.5 Å². The number of thiol groups is 1. The van der Waals surface area contributed by atoms with Crippen LogP contribution < -0.4 is 5.32 Å². The minimum atomic E-state index is 0.730. The molecule has 1 N–H and O–H groups in total. The Morgan fingerprint density at radius 1 is 1.14 bits per heavy atom. The van der Waals surface area contributed by atoms with E-state index in [1.165, 1.54) is 17.5 Å². The van der Waals surface area contributed by atoms with E-state index in [0.717, 1.165) is 18.3 Å². The summed E-state index contributed by atoms with van der Waals surface area (Å²) in [5.41, 5.74) is 2.75. The third-order valence-electron chi connectivity index (χ3n) is 2.11. The van der Waals surface area contributed by atoms with Crippen molar-refractivity contribution in [2.75, 3.05) is 5.88 Å². The maximum Gasteiger partial charge on any atom is 0.0390 e. The van der Waals surface area contributed by atoms with Crippen LogP contribution in [-0.2, 0) is 13.0 Å². The molecule has 0 heterocycles. The maximum atomic E-state index is 4.11. The first-order chi connectivity index (χ1) is 6.72. The standard InChI is InChI=1S/C12H19NS/c1-10(2)7-11-3-5-12(6-4-11)8-13-9-14/h3-6,10,13-14H,7-9H2,1-2H3. The fourth-order valence-corrected chi connectivity index (χ4v) is 1.58. The molecule has 1 nitrogen and oxygen atoms in total. The molecule has 1 aromatic carbocycles. The SMILES string of the molecule is CC(C)Cc1ccc(CNCS)cc1. The average Bonchev–Trinajstić information content (AvgIpc) is 2.16. The van der Waals surface area contributed by atoms with Gasteiger partial charge in [-0.2, -0.15) is 12.6 Å². The van der Waals surface area contributed by atoms with Crippen molar-refractivity contribution in [3.63, 3.8) is 0 Å². The second-order valence-corrected chi connectivity index (χ2v) is 4.32. The van der Waals surface area contributed by atoms with Crippen LogP contribution in [0.25, 0.3) is 0 Å². The van der Waals surface area contributed by atoms with Crippen LogP contribution in [-0.4, -0.2) is 5.88 Å². The largest absolute Gasteiger partial charge is 0.304 e. The summed E-state index contributed by atoms with van der Waals surface area (Å²) >= 11 is 4.11. The molecule has 1 rings (SSSR count). The van der Waals surface area contributed by atoms with Crippen molar-refractivity contribution in [2.45, 2.75) is 26.8 Å². The summed E-state index contributed by atoms with van der Waals surface area (Å²) in [4.78, 5) is 0. The molecule has 14 heavy (non-hydrogen) atoms. The first-order valence-corrected chi connectivity index (χ1v) is 5.75. The van der Waals surface area contributed by atoms with E-state index in [9.17, 15) is 0 Å². The smallest absolute Gasteiger partial charge is 0.0390 e. The van der Waals surface area contributed by atoms with Crippen LogP contribution in [0.5, 0.6) is 0 Å². The van der Waals surface area contributed by atoms with Crippen LogP contribution in [0.3, 0.4) is 0 Å². The van der Waals surface area contributed by atoms with Gasteiger partial charge in [-0.1, -0.05) is 38.1 Å². The summed E-state index contributed by atoms with van der Waals surface area (Å²) in [6.07, 6.45) is 1.17. The third kappa shape index (κ3) is 4.16. The number of hydrogen-bond acceptors (Lipinski definition) is 2. The first-order valence-electron chi connectivity index (χ1n) is 5.11. The van der Waals surface area contributed by atoms with Crippen LogP contribution in [0.15, 0.2) is 24.3 Å². The van der Waals surface area contributed by atoms with Crippen LogP contribution >= 0.6 is 12.6 Å². The van der Waals surface area contributed by atoms with E-state index in [1.807, 2.05) is 0 Å². The summed E-state index contributed by atoms with van der Waals surface area (Å²) in [7, 11) is 0. The van der Waals surface area contributed by atoms with Crippen molar-refractivity contribution in [3.05, 3.63) is 35.4 Å². The highest BCUT2D eigenvalue weighted by Gasteiger charge is 1.97. The Labute approximate surface area is 92.3 Å². The average molecular weight is 209 g/mol. The number of hydrogen-bond donors (Lipinski definition) is 2. The fourth-order valence-electron chi connectivity index (χ4n) is 1.46. The summed E-state index contributed by atoms with van der Waals surface area (Å²) in [5.74, 6) is 1.46. The van der Waals surface area contributed by atoms with E-state index >= 15 is 0 Å². The minimum absolute atomic E-state index is 0.730. The molecule has 0 saturated carbocycles. The molecule has 0 amide bonds. The highest BCUT2D eigenvalue weighted by atomic mass is 32.1. The normalized spacial score (nSPS) is 10.9. The van der Waals surface area contributed by atoms with Gasteiger partial charge in [-0.3, -0.25) is 0 Å². The zero-order valence-electron chi connectivity index (χ0n) is 8.96. The molecule has 1 aromatic rings. The van der Waals surface area contributed by atoms with Crippen LogP contribution in [0.4, 0.5) is 0 Å². The zero-order valence-corrected chi connectivity index (χ0v) is 9.85. The predicted molar refractivity (Wildman–Crippen MR) is 65.7 cm³/mol. The molecule has 0 aliphatic carbocycles. The molecule has 0 radical (unpaired) electrons. The van der Waals surface area contributed by atoms with Gasteiger partial charge in [0.25, 0.3) is 0 Å². The number of benzene rings is 1. The molecule has 2 heteroatoms. The van der Waals surface area contributed by atoms with Crippen molar-refractivity contribution in [3.8, 4) is 0 Å². The molecule has 0 spiro atoms. The monoisotopic (exact) mass is 209 g/mol. The van der Waals surface area contributed by atoms with Crippen LogP contribution in [0.1, 0.15) is 25.0 Å². The zero-order chi connectivity index (χ0) is 10.4. The molecule has 0 aromatic heterocycles. The lowest BCUT2D eigenvalue weighted by Crippen LogP contribution is -2.10. The molecule has 0 bridgehead atoms. The molecular weight excluding hydrogens is 190 g/mol. The Morgan fingerprint density at radius 2 is 1.71 bits per heavy atom. The molecule has 0 unspecified atom stereocenters. The lowest BCUT2D eigenvalue weighted by atomic mass is 10.0. The summed E-state index contributed by atoms with van der Waals surface area (Å²) in [6.45, 7) is 5.40. The van der Waals surface area contributed by atoms with Gasteiger partial charge in [0, 0.05) is 12.4 Å². The van der Waals surface area contributed by atoms with E-state index in [0.29, 0.717) is 0 Å². The van der Waals surface area contributed by atoms with E-state index in [1.54, 1.807) is 0 Å².